The van der Waals surface area contributed by atoms with E-state index in [1.54, 1.807) is 0 Å². The molecular formula is C14H13Cl3N3O3S+. The molecule has 0 aromatic carbocycles. The van der Waals surface area contributed by atoms with Crippen molar-refractivity contribution in [1.82, 2.24) is 5.32 Å². The van der Waals surface area contributed by atoms with Crippen LogP contribution in [0.2, 0.25) is 15.2 Å². The number of ether oxygens (including phenoxy) is 1. The molecule has 24 heavy (non-hydrogen) atoms. The average molecular weight is 410 g/mol. The number of amides is 1. The summed E-state index contributed by atoms with van der Waals surface area (Å²) in [6.45, 7) is 1.79. The maximum Gasteiger partial charge on any atom is 0.406 e. The molecule has 0 aliphatic carbocycles. The minimum atomic E-state index is -1.03. The van der Waals surface area contributed by atoms with E-state index in [1.807, 2.05) is 17.5 Å². The molecule has 0 saturated carbocycles. The van der Waals surface area contributed by atoms with Crippen LogP contribution in [-0.2, 0) is 16.1 Å². The lowest BCUT2D eigenvalue weighted by atomic mass is 10.3. The average Bonchev–Trinajstić information content (AvgIpc) is 3.07. The monoisotopic (exact) mass is 408 g/mol. The third kappa shape index (κ3) is 4.30. The fourth-order valence-corrected chi connectivity index (χ4v) is 2.96. The molecule has 6 nitrogen and oxygen atoms in total. The summed E-state index contributed by atoms with van der Waals surface area (Å²) in [5.74, 6) is -1.31. The van der Waals surface area contributed by atoms with Crippen molar-refractivity contribution in [1.29, 1.82) is 0 Å². The van der Waals surface area contributed by atoms with E-state index in [2.05, 4.69) is 10.3 Å². The second-order valence-electron chi connectivity index (χ2n) is 4.70. The van der Waals surface area contributed by atoms with Gasteiger partial charge in [0.15, 0.2) is 6.10 Å². The van der Waals surface area contributed by atoms with Crippen LogP contribution < -0.4 is 16.0 Å². The zero-order valence-electron chi connectivity index (χ0n) is 12.4. The minimum Gasteiger partial charge on any atom is -0.445 e. The van der Waals surface area contributed by atoms with Crippen molar-refractivity contribution in [2.75, 3.05) is 5.73 Å². The fraction of sp³-hybridized carbons (Fsp3) is 0.214. The third-order valence-corrected chi connectivity index (χ3v) is 5.04. The highest BCUT2D eigenvalue weighted by atomic mass is 35.5. The number of esters is 1. The normalized spacial score (nSPS) is 11.8. The van der Waals surface area contributed by atoms with Crippen LogP contribution in [0.1, 0.15) is 22.3 Å². The van der Waals surface area contributed by atoms with E-state index in [0.29, 0.717) is 6.54 Å². The van der Waals surface area contributed by atoms with Gasteiger partial charge in [0.1, 0.15) is 10.0 Å². The molecule has 0 fully saturated rings. The topological polar surface area (TPSA) is 95.6 Å². The van der Waals surface area contributed by atoms with Crippen molar-refractivity contribution in [3.8, 4) is 0 Å². The van der Waals surface area contributed by atoms with Gasteiger partial charge in [0.05, 0.1) is 12.2 Å². The van der Waals surface area contributed by atoms with Gasteiger partial charge in [0.2, 0.25) is 0 Å². The van der Waals surface area contributed by atoms with E-state index in [9.17, 15) is 9.59 Å². The Hall–Kier alpha value is -1.54. The molecule has 2 heterocycles. The van der Waals surface area contributed by atoms with Crippen LogP contribution in [0.4, 0.5) is 5.69 Å². The zero-order valence-corrected chi connectivity index (χ0v) is 15.4. The molecule has 2 rings (SSSR count). The van der Waals surface area contributed by atoms with Gasteiger partial charge in [0.25, 0.3) is 11.1 Å². The Labute approximate surface area is 156 Å². The molecule has 10 heteroatoms. The Balaban J connectivity index is 2.02. The molecule has 0 aliphatic heterocycles. The quantitative estimate of drug-likeness (QED) is 0.586. The van der Waals surface area contributed by atoms with Crippen molar-refractivity contribution < 1.29 is 19.3 Å². The molecule has 0 unspecified atom stereocenters. The minimum absolute atomic E-state index is 0.0000407. The summed E-state index contributed by atoms with van der Waals surface area (Å²) in [5, 5.41) is 4.39. The van der Waals surface area contributed by atoms with Gasteiger partial charge >= 0.3 is 11.7 Å². The Kier molecular flexibility index (Phi) is 6.28. The van der Waals surface area contributed by atoms with E-state index >= 15 is 0 Å². The highest BCUT2D eigenvalue weighted by Gasteiger charge is 2.29. The number of carbonyl (C=O) groups is 2. The van der Waals surface area contributed by atoms with Crippen molar-refractivity contribution in [2.24, 2.45) is 0 Å². The molecule has 1 amide bonds. The first-order chi connectivity index (χ1) is 11.3. The number of aromatic nitrogens is 1. The number of halogens is 3. The largest absolute Gasteiger partial charge is 0.445 e. The van der Waals surface area contributed by atoms with Gasteiger partial charge in [-0.25, -0.2) is 4.79 Å². The number of nitrogens with one attached hydrogen (secondary N) is 2. The van der Waals surface area contributed by atoms with Crippen LogP contribution in [0.3, 0.4) is 0 Å². The lowest BCUT2D eigenvalue weighted by molar-refractivity contribution is -0.380. The SMILES string of the molecule is C[C@H](OC(=O)c1[nH+]c(Cl)c(Cl)c(N)c1Cl)C(=O)NCc1cccs1. The van der Waals surface area contributed by atoms with Crippen molar-refractivity contribution in [3.63, 3.8) is 0 Å². The Morgan fingerprint density at radius 3 is 2.71 bits per heavy atom. The molecule has 1 atom stereocenters. The van der Waals surface area contributed by atoms with Gasteiger partial charge in [0, 0.05) is 4.88 Å². The molecule has 0 saturated heterocycles. The summed E-state index contributed by atoms with van der Waals surface area (Å²) in [6.07, 6.45) is -1.03. The Morgan fingerprint density at radius 2 is 2.08 bits per heavy atom. The predicted molar refractivity (Wildman–Crippen MR) is 93.5 cm³/mol. The van der Waals surface area contributed by atoms with E-state index in [-0.39, 0.29) is 26.6 Å². The number of pyridine rings is 1. The maximum absolute atomic E-state index is 12.2. The molecule has 0 spiro atoms. The summed E-state index contributed by atoms with van der Waals surface area (Å²) in [4.78, 5) is 27.6. The summed E-state index contributed by atoms with van der Waals surface area (Å²) >= 11 is 19.1. The van der Waals surface area contributed by atoms with Crippen LogP contribution in [-0.4, -0.2) is 18.0 Å². The molecule has 4 N–H and O–H groups in total. The van der Waals surface area contributed by atoms with E-state index in [1.165, 1.54) is 18.3 Å². The van der Waals surface area contributed by atoms with Crippen LogP contribution in [0.15, 0.2) is 17.5 Å². The molecular weight excluding hydrogens is 397 g/mol. The number of nitrogens with two attached hydrogens (primary N) is 1. The van der Waals surface area contributed by atoms with Gasteiger partial charge in [-0.2, -0.15) is 4.98 Å². The summed E-state index contributed by atoms with van der Waals surface area (Å²) in [6, 6.07) is 3.76. The lowest BCUT2D eigenvalue weighted by Gasteiger charge is -2.12. The second-order valence-corrected chi connectivity index (χ2v) is 6.87. The summed E-state index contributed by atoms with van der Waals surface area (Å²) in [7, 11) is 0. The van der Waals surface area contributed by atoms with E-state index < -0.39 is 18.0 Å². The van der Waals surface area contributed by atoms with Crippen molar-refractivity contribution >= 4 is 63.7 Å². The van der Waals surface area contributed by atoms with Gasteiger partial charge in [-0.3, -0.25) is 4.79 Å². The standard InChI is InChI=1S/C14H12Cl3N3O3S/c1-6(13(21)19-5-7-3-2-4-24-7)23-14(22)11-8(15)10(18)9(16)12(17)20-11/h2-4,6H,5H2,1H3,(H2,18,20)(H,19,21)/p+1/t6-/m0/s1. The number of aromatic amines is 1. The number of hydrogen-bond acceptors (Lipinski definition) is 5. The smallest absolute Gasteiger partial charge is 0.406 e. The first-order valence-corrected chi connectivity index (χ1v) is 8.69. The Bertz CT molecular complexity index is 768. The Morgan fingerprint density at radius 1 is 1.38 bits per heavy atom. The summed E-state index contributed by atoms with van der Waals surface area (Å²) < 4.78 is 5.08. The number of anilines is 1. The molecule has 0 aliphatic rings. The highest BCUT2D eigenvalue weighted by molar-refractivity contribution is 7.09. The van der Waals surface area contributed by atoms with Gasteiger partial charge < -0.3 is 15.8 Å². The molecule has 2 aromatic heterocycles. The number of nitrogen functional groups attached to an aromatic ring is 1. The van der Waals surface area contributed by atoms with Crippen molar-refractivity contribution in [3.05, 3.63) is 43.3 Å². The zero-order chi connectivity index (χ0) is 17.9. The van der Waals surface area contributed by atoms with Crippen LogP contribution in [0.5, 0.6) is 0 Å². The molecule has 128 valence electrons. The van der Waals surface area contributed by atoms with E-state index in [4.69, 9.17) is 45.3 Å². The van der Waals surface area contributed by atoms with Gasteiger partial charge in [-0.05, 0) is 30.0 Å². The third-order valence-electron chi connectivity index (χ3n) is 2.99. The fourth-order valence-electron chi connectivity index (χ4n) is 1.71. The summed E-state index contributed by atoms with van der Waals surface area (Å²) in [5.41, 5.74) is 5.43. The highest BCUT2D eigenvalue weighted by Crippen LogP contribution is 2.32. The first-order valence-electron chi connectivity index (χ1n) is 6.67. The van der Waals surface area contributed by atoms with Crippen LogP contribution >= 0.6 is 46.1 Å². The van der Waals surface area contributed by atoms with Crippen molar-refractivity contribution in [2.45, 2.75) is 19.6 Å². The molecule has 2 aromatic rings. The lowest BCUT2D eigenvalue weighted by Crippen LogP contribution is -2.36. The number of hydrogen-bond donors (Lipinski definition) is 2. The number of rotatable bonds is 5. The number of thiophene rings is 1. The van der Waals surface area contributed by atoms with Gasteiger partial charge in [-0.1, -0.05) is 29.3 Å². The number of H-pyrrole nitrogens is 1. The number of carbonyl (C=O) groups excluding carboxylic acids is 2. The van der Waals surface area contributed by atoms with E-state index in [0.717, 1.165) is 4.88 Å². The first kappa shape index (κ1) is 18.8. The van der Waals surface area contributed by atoms with Crippen LogP contribution in [0.25, 0.3) is 0 Å². The van der Waals surface area contributed by atoms with Crippen LogP contribution in [0, 0.1) is 0 Å². The predicted octanol–water partition coefficient (Wildman–Crippen LogP) is 2.97. The molecule has 0 radical (unpaired) electrons. The van der Waals surface area contributed by atoms with Gasteiger partial charge in [-0.15, -0.1) is 11.3 Å². The second kappa shape index (κ2) is 8.02. The molecule has 0 bridgehead atoms. The maximum atomic E-state index is 12.2.